The highest BCUT2D eigenvalue weighted by molar-refractivity contribution is 5.89. The van der Waals surface area contributed by atoms with Crippen molar-refractivity contribution in [2.45, 2.75) is 38.1 Å². The third-order valence-corrected chi connectivity index (χ3v) is 4.80. The summed E-state index contributed by atoms with van der Waals surface area (Å²) in [7, 11) is 1.73. The fraction of sp³-hybridized carbons (Fsp3) is 0.381. The molecule has 1 fully saturated rings. The molecule has 1 aliphatic carbocycles. The largest absolute Gasteiger partial charge is 0.496 e. The van der Waals surface area contributed by atoms with Crippen molar-refractivity contribution in [1.82, 2.24) is 0 Å². The van der Waals surface area contributed by atoms with Crippen LogP contribution in [0.3, 0.4) is 0 Å². The molecule has 25 heavy (non-hydrogen) atoms. The smallest absolute Gasteiger partial charge is 0.338 e. The van der Waals surface area contributed by atoms with Gasteiger partial charge in [0, 0.05) is 17.6 Å². The zero-order valence-corrected chi connectivity index (χ0v) is 14.8. The van der Waals surface area contributed by atoms with E-state index in [4.69, 9.17) is 9.47 Å². The maximum absolute atomic E-state index is 11.8. The minimum absolute atomic E-state index is 0.276. The molecule has 4 heteroatoms. The molecule has 0 spiro atoms. The molecule has 3 rings (SSSR count). The van der Waals surface area contributed by atoms with Crippen LogP contribution in [0, 0.1) is 0 Å². The van der Waals surface area contributed by atoms with Gasteiger partial charge in [0.2, 0.25) is 0 Å². The highest BCUT2D eigenvalue weighted by Crippen LogP contribution is 2.40. The van der Waals surface area contributed by atoms with Gasteiger partial charge in [0.05, 0.1) is 19.3 Å². The number of ether oxygens (including phenoxy) is 2. The quantitative estimate of drug-likeness (QED) is 0.780. The molecule has 0 aromatic heterocycles. The monoisotopic (exact) mass is 339 g/mol. The van der Waals surface area contributed by atoms with Crippen molar-refractivity contribution in [2.24, 2.45) is 0 Å². The first kappa shape index (κ1) is 17.3. The Hall–Kier alpha value is -2.49. The molecule has 2 aromatic rings. The molecular formula is C21H25NO3. The predicted octanol–water partition coefficient (Wildman–Crippen LogP) is 4.62. The number of hydrogen-bond donors (Lipinski definition) is 1. The van der Waals surface area contributed by atoms with Crippen LogP contribution in [0.25, 0.3) is 0 Å². The van der Waals surface area contributed by atoms with Gasteiger partial charge in [-0.05, 0) is 55.7 Å². The van der Waals surface area contributed by atoms with Gasteiger partial charge in [-0.3, -0.25) is 0 Å². The molecular weight excluding hydrogens is 314 g/mol. The number of hydrogen-bond acceptors (Lipinski definition) is 4. The van der Waals surface area contributed by atoms with E-state index in [1.807, 2.05) is 43.3 Å². The van der Waals surface area contributed by atoms with Gasteiger partial charge < -0.3 is 14.8 Å². The van der Waals surface area contributed by atoms with Crippen molar-refractivity contribution in [3.05, 3.63) is 59.7 Å². The standard InChI is InChI=1S/C21H25NO3/c1-3-25-21(23)15-11-13-16(14-12-15)22-19-9-6-8-17(19)18-7-4-5-10-20(18)24-2/h4-5,7,10-14,17,19,22H,3,6,8-9H2,1-2H3/t17-,19+/m0/s1. The molecule has 1 N–H and O–H groups in total. The van der Waals surface area contributed by atoms with Crippen molar-refractivity contribution < 1.29 is 14.3 Å². The van der Waals surface area contributed by atoms with Crippen LogP contribution in [0.15, 0.2) is 48.5 Å². The average Bonchev–Trinajstić information content (AvgIpc) is 3.10. The van der Waals surface area contributed by atoms with E-state index in [9.17, 15) is 4.79 Å². The second kappa shape index (κ2) is 8.06. The maximum Gasteiger partial charge on any atom is 0.338 e. The zero-order valence-electron chi connectivity index (χ0n) is 14.8. The maximum atomic E-state index is 11.8. The lowest BCUT2D eigenvalue weighted by Gasteiger charge is -2.24. The molecule has 2 aromatic carbocycles. The van der Waals surface area contributed by atoms with E-state index in [-0.39, 0.29) is 5.97 Å². The van der Waals surface area contributed by atoms with Crippen LogP contribution in [0.1, 0.15) is 48.0 Å². The lowest BCUT2D eigenvalue weighted by molar-refractivity contribution is 0.0526. The number of carbonyl (C=O) groups is 1. The Morgan fingerprint density at radius 3 is 2.60 bits per heavy atom. The fourth-order valence-corrected chi connectivity index (χ4v) is 3.61. The van der Waals surface area contributed by atoms with Gasteiger partial charge in [-0.2, -0.15) is 0 Å². The summed E-state index contributed by atoms with van der Waals surface area (Å²) in [5.41, 5.74) is 2.88. The molecule has 0 radical (unpaired) electrons. The van der Waals surface area contributed by atoms with E-state index in [0.717, 1.165) is 24.3 Å². The minimum atomic E-state index is -0.276. The SMILES string of the molecule is CCOC(=O)c1ccc(N[C@@H]2CCC[C@H]2c2ccccc2OC)cc1. The number of esters is 1. The molecule has 0 aliphatic heterocycles. The molecule has 2 atom stereocenters. The van der Waals surface area contributed by atoms with Gasteiger partial charge in [-0.1, -0.05) is 24.6 Å². The minimum Gasteiger partial charge on any atom is -0.496 e. The fourth-order valence-electron chi connectivity index (χ4n) is 3.61. The number of benzene rings is 2. The van der Waals surface area contributed by atoms with Gasteiger partial charge in [0.25, 0.3) is 0 Å². The Bertz CT molecular complexity index is 711. The van der Waals surface area contributed by atoms with Crippen molar-refractivity contribution in [1.29, 1.82) is 0 Å². The summed E-state index contributed by atoms with van der Waals surface area (Å²) in [6, 6.07) is 16.2. The van der Waals surface area contributed by atoms with Crippen molar-refractivity contribution >= 4 is 11.7 Å². The first-order valence-corrected chi connectivity index (χ1v) is 8.89. The molecule has 0 unspecified atom stereocenters. The van der Waals surface area contributed by atoms with E-state index in [0.29, 0.717) is 24.1 Å². The predicted molar refractivity (Wildman–Crippen MR) is 99.4 cm³/mol. The van der Waals surface area contributed by atoms with Gasteiger partial charge in [0.15, 0.2) is 0 Å². The Balaban J connectivity index is 1.72. The number of nitrogens with one attached hydrogen (secondary N) is 1. The Morgan fingerprint density at radius 1 is 1.12 bits per heavy atom. The molecule has 1 saturated carbocycles. The van der Waals surface area contributed by atoms with E-state index in [2.05, 4.69) is 17.4 Å². The van der Waals surface area contributed by atoms with Crippen LogP contribution >= 0.6 is 0 Å². The van der Waals surface area contributed by atoms with Crippen LogP contribution in [-0.2, 0) is 4.74 Å². The van der Waals surface area contributed by atoms with Crippen LogP contribution in [0.4, 0.5) is 5.69 Å². The molecule has 0 bridgehead atoms. The summed E-state index contributed by atoms with van der Waals surface area (Å²) in [6.45, 7) is 2.20. The van der Waals surface area contributed by atoms with Gasteiger partial charge in [0.1, 0.15) is 5.75 Å². The van der Waals surface area contributed by atoms with E-state index in [1.54, 1.807) is 7.11 Å². The van der Waals surface area contributed by atoms with Crippen molar-refractivity contribution in [3.63, 3.8) is 0 Å². The van der Waals surface area contributed by atoms with Crippen LogP contribution in [0.5, 0.6) is 5.75 Å². The molecule has 0 heterocycles. The van der Waals surface area contributed by atoms with Gasteiger partial charge in [-0.25, -0.2) is 4.79 Å². The van der Waals surface area contributed by atoms with Crippen molar-refractivity contribution in [2.75, 3.05) is 19.0 Å². The summed E-state index contributed by atoms with van der Waals surface area (Å²) in [5, 5.41) is 3.63. The summed E-state index contributed by atoms with van der Waals surface area (Å²) in [5.74, 6) is 1.11. The topological polar surface area (TPSA) is 47.6 Å². The van der Waals surface area contributed by atoms with Crippen LogP contribution < -0.4 is 10.1 Å². The molecule has 0 amide bonds. The van der Waals surface area contributed by atoms with Gasteiger partial charge in [-0.15, -0.1) is 0 Å². The van der Waals surface area contributed by atoms with Crippen LogP contribution in [0.2, 0.25) is 0 Å². The Labute approximate surface area is 149 Å². The third-order valence-electron chi connectivity index (χ3n) is 4.80. The highest BCUT2D eigenvalue weighted by atomic mass is 16.5. The van der Waals surface area contributed by atoms with E-state index >= 15 is 0 Å². The number of carbonyl (C=O) groups excluding carboxylic acids is 1. The lowest BCUT2D eigenvalue weighted by atomic mass is 9.93. The normalized spacial score (nSPS) is 19.4. The molecule has 132 valence electrons. The van der Waals surface area contributed by atoms with Gasteiger partial charge >= 0.3 is 5.97 Å². The number of para-hydroxylation sites is 1. The highest BCUT2D eigenvalue weighted by Gasteiger charge is 2.30. The first-order valence-electron chi connectivity index (χ1n) is 8.89. The average molecular weight is 339 g/mol. The number of methoxy groups -OCH3 is 1. The third kappa shape index (κ3) is 3.95. The zero-order chi connectivity index (χ0) is 17.6. The van der Waals surface area contributed by atoms with E-state index < -0.39 is 0 Å². The summed E-state index contributed by atoms with van der Waals surface area (Å²) in [6.07, 6.45) is 3.47. The van der Waals surface area contributed by atoms with Crippen LogP contribution in [-0.4, -0.2) is 25.7 Å². The Morgan fingerprint density at radius 2 is 1.88 bits per heavy atom. The molecule has 0 saturated heterocycles. The van der Waals surface area contributed by atoms with E-state index in [1.165, 1.54) is 12.0 Å². The Kier molecular flexibility index (Phi) is 5.59. The summed E-state index contributed by atoms with van der Waals surface area (Å²) in [4.78, 5) is 11.8. The number of anilines is 1. The number of rotatable bonds is 6. The second-order valence-corrected chi connectivity index (χ2v) is 6.33. The first-order chi connectivity index (χ1) is 12.2. The molecule has 1 aliphatic rings. The molecule has 4 nitrogen and oxygen atoms in total. The second-order valence-electron chi connectivity index (χ2n) is 6.33. The lowest BCUT2D eigenvalue weighted by Crippen LogP contribution is -2.23. The van der Waals surface area contributed by atoms with Crippen molar-refractivity contribution in [3.8, 4) is 5.75 Å². The summed E-state index contributed by atoms with van der Waals surface area (Å²) >= 11 is 0. The summed E-state index contributed by atoms with van der Waals surface area (Å²) < 4.78 is 10.6.